The van der Waals surface area contributed by atoms with Gasteiger partial charge >= 0.3 is 0 Å². The molecule has 2 aromatic carbocycles. The molecule has 4 nitrogen and oxygen atoms in total. The van der Waals surface area contributed by atoms with Crippen molar-refractivity contribution < 1.29 is 14.4 Å². The van der Waals surface area contributed by atoms with Gasteiger partial charge in [0.05, 0.1) is 32.2 Å². The lowest BCUT2D eigenvalue weighted by molar-refractivity contribution is -0.930. The number of rotatable bonds is 5. The minimum Gasteiger partial charge on any atom is -0.484 e. The molecule has 154 valence electrons. The van der Waals surface area contributed by atoms with Gasteiger partial charge in [0, 0.05) is 0 Å². The number of aryl methyl sites for hydroxylation is 1. The Morgan fingerprint density at radius 3 is 2.28 bits per heavy atom. The highest BCUT2D eigenvalue weighted by Gasteiger charge is 2.32. The third-order valence-electron chi connectivity index (χ3n) is 6.72. The van der Waals surface area contributed by atoms with Gasteiger partial charge in [-0.15, -0.1) is 0 Å². The van der Waals surface area contributed by atoms with E-state index >= 15 is 0 Å². The first-order chi connectivity index (χ1) is 14.2. The molecule has 1 amide bonds. The SMILES string of the molecule is Cc1ccc(OCC(=O)N2CC[NH+](C3CCC(c4ccccc4)CC3)CC2)cc1. The summed E-state index contributed by atoms with van der Waals surface area (Å²) >= 11 is 0. The van der Waals surface area contributed by atoms with Gasteiger partial charge in [0.1, 0.15) is 5.75 Å². The highest BCUT2D eigenvalue weighted by atomic mass is 16.5. The summed E-state index contributed by atoms with van der Waals surface area (Å²) in [6.07, 6.45) is 5.20. The van der Waals surface area contributed by atoms with Gasteiger partial charge in [-0.3, -0.25) is 4.79 Å². The van der Waals surface area contributed by atoms with Crippen molar-refractivity contribution in [2.24, 2.45) is 0 Å². The van der Waals surface area contributed by atoms with Crippen LogP contribution < -0.4 is 9.64 Å². The zero-order chi connectivity index (χ0) is 20.1. The summed E-state index contributed by atoms with van der Waals surface area (Å²) in [7, 11) is 0. The van der Waals surface area contributed by atoms with Crippen LogP contribution in [0.1, 0.15) is 42.7 Å². The van der Waals surface area contributed by atoms with E-state index in [0.717, 1.165) is 43.9 Å². The fraction of sp³-hybridized carbons (Fsp3) is 0.480. The third kappa shape index (κ3) is 5.18. The average Bonchev–Trinajstić information content (AvgIpc) is 2.79. The van der Waals surface area contributed by atoms with E-state index in [-0.39, 0.29) is 12.5 Å². The quantitative estimate of drug-likeness (QED) is 0.848. The Kier molecular flexibility index (Phi) is 6.50. The molecule has 1 saturated heterocycles. The Balaban J connectivity index is 1.19. The van der Waals surface area contributed by atoms with Gasteiger partial charge in [0.25, 0.3) is 5.91 Å². The molecule has 1 aliphatic heterocycles. The monoisotopic (exact) mass is 393 g/mol. The number of hydrogen-bond acceptors (Lipinski definition) is 2. The number of carbonyl (C=O) groups excluding carboxylic acids is 1. The number of nitrogens with zero attached hydrogens (tertiary/aromatic N) is 1. The van der Waals surface area contributed by atoms with Crippen molar-refractivity contribution in [3.05, 3.63) is 65.7 Å². The second-order valence-electron chi connectivity index (χ2n) is 8.60. The number of nitrogens with one attached hydrogen (secondary N) is 1. The molecular formula is C25H33N2O2+. The summed E-state index contributed by atoms with van der Waals surface area (Å²) in [6, 6.07) is 19.6. The zero-order valence-corrected chi connectivity index (χ0v) is 17.5. The lowest BCUT2D eigenvalue weighted by Gasteiger charge is -2.39. The fourth-order valence-electron chi connectivity index (χ4n) is 4.88. The summed E-state index contributed by atoms with van der Waals surface area (Å²) in [5, 5.41) is 0. The fourth-order valence-corrected chi connectivity index (χ4v) is 4.88. The first kappa shape index (κ1) is 20.0. The summed E-state index contributed by atoms with van der Waals surface area (Å²) in [6.45, 7) is 6.02. The van der Waals surface area contributed by atoms with Crippen LogP contribution in [0.25, 0.3) is 0 Å². The van der Waals surface area contributed by atoms with Crippen LogP contribution in [0.5, 0.6) is 5.75 Å². The Labute approximate surface area is 174 Å². The van der Waals surface area contributed by atoms with Gasteiger partial charge in [-0.05, 0) is 56.2 Å². The van der Waals surface area contributed by atoms with Crippen molar-refractivity contribution >= 4 is 5.91 Å². The van der Waals surface area contributed by atoms with Crippen LogP contribution in [0.3, 0.4) is 0 Å². The van der Waals surface area contributed by atoms with E-state index in [0.29, 0.717) is 0 Å². The maximum absolute atomic E-state index is 12.5. The van der Waals surface area contributed by atoms with E-state index < -0.39 is 0 Å². The number of carbonyl (C=O) groups is 1. The first-order valence-electron chi connectivity index (χ1n) is 11.1. The zero-order valence-electron chi connectivity index (χ0n) is 17.5. The largest absolute Gasteiger partial charge is 0.484 e. The van der Waals surface area contributed by atoms with Gasteiger partial charge in [-0.2, -0.15) is 0 Å². The molecule has 0 spiro atoms. The van der Waals surface area contributed by atoms with E-state index in [1.807, 2.05) is 36.1 Å². The molecular weight excluding hydrogens is 360 g/mol. The molecule has 0 aromatic heterocycles. The number of piperazine rings is 1. The molecule has 1 saturated carbocycles. The molecule has 2 aromatic rings. The second-order valence-corrected chi connectivity index (χ2v) is 8.60. The van der Waals surface area contributed by atoms with Crippen LogP contribution in [0.2, 0.25) is 0 Å². The Morgan fingerprint density at radius 2 is 1.62 bits per heavy atom. The minimum absolute atomic E-state index is 0.109. The van der Waals surface area contributed by atoms with Gasteiger partial charge in [0.15, 0.2) is 6.61 Å². The van der Waals surface area contributed by atoms with Crippen LogP contribution in [0, 0.1) is 6.92 Å². The molecule has 0 bridgehead atoms. The molecule has 0 radical (unpaired) electrons. The minimum atomic E-state index is 0.109. The predicted molar refractivity (Wildman–Crippen MR) is 115 cm³/mol. The number of ether oxygens (including phenoxy) is 1. The lowest BCUT2D eigenvalue weighted by Crippen LogP contribution is -3.18. The number of hydrogen-bond donors (Lipinski definition) is 1. The number of quaternary nitrogens is 1. The molecule has 1 heterocycles. The average molecular weight is 394 g/mol. The molecule has 4 heteroatoms. The standard InChI is InChI=1S/C25H32N2O2/c1-20-7-13-24(14-8-20)29-19-25(28)27-17-15-26(16-18-27)23-11-9-22(10-12-23)21-5-3-2-4-6-21/h2-8,13-14,22-23H,9-12,15-19H2,1H3/p+1. The molecule has 0 atom stereocenters. The first-order valence-corrected chi connectivity index (χ1v) is 11.1. The molecule has 2 fully saturated rings. The Bertz CT molecular complexity index is 774. The molecule has 1 aliphatic carbocycles. The van der Waals surface area contributed by atoms with Crippen LogP contribution in [0.4, 0.5) is 0 Å². The molecule has 4 rings (SSSR count). The molecule has 0 unspecified atom stereocenters. The van der Waals surface area contributed by atoms with Gasteiger partial charge < -0.3 is 14.5 Å². The van der Waals surface area contributed by atoms with Crippen molar-refractivity contribution in [1.82, 2.24) is 4.90 Å². The normalized spacial score (nSPS) is 23.0. The molecule has 29 heavy (non-hydrogen) atoms. The third-order valence-corrected chi connectivity index (χ3v) is 6.72. The second kappa shape index (κ2) is 9.45. The number of benzene rings is 2. The molecule has 2 aliphatic rings. The van der Waals surface area contributed by atoms with Crippen molar-refractivity contribution in [3.8, 4) is 5.75 Å². The summed E-state index contributed by atoms with van der Waals surface area (Å²) in [5.74, 6) is 1.61. The van der Waals surface area contributed by atoms with Crippen molar-refractivity contribution in [2.75, 3.05) is 32.8 Å². The van der Waals surface area contributed by atoms with Crippen LogP contribution in [-0.4, -0.2) is 49.6 Å². The van der Waals surface area contributed by atoms with Crippen LogP contribution in [0.15, 0.2) is 54.6 Å². The van der Waals surface area contributed by atoms with Crippen molar-refractivity contribution in [3.63, 3.8) is 0 Å². The topological polar surface area (TPSA) is 34.0 Å². The van der Waals surface area contributed by atoms with Gasteiger partial charge in [-0.1, -0.05) is 48.0 Å². The maximum Gasteiger partial charge on any atom is 0.260 e. The molecule has 1 N–H and O–H groups in total. The Hall–Kier alpha value is -2.33. The smallest absolute Gasteiger partial charge is 0.260 e. The van der Waals surface area contributed by atoms with E-state index in [9.17, 15) is 4.79 Å². The van der Waals surface area contributed by atoms with Crippen LogP contribution >= 0.6 is 0 Å². The predicted octanol–water partition coefficient (Wildman–Crippen LogP) is 2.83. The maximum atomic E-state index is 12.5. The van der Waals surface area contributed by atoms with E-state index in [2.05, 4.69) is 30.3 Å². The summed E-state index contributed by atoms with van der Waals surface area (Å²) in [4.78, 5) is 16.2. The summed E-state index contributed by atoms with van der Waals surface area (Å²) < 4.78 is 5.67. The van der Waals surface area contributed by atoms with E-state index in [1.54, 1.807) is 4.90 Å². The van der Waals surface area contributed by atoms with Crippen molar-refractivity contribution in [2.45, 2.75) is 44.6 Å². The van der Waals surface area contributed by atoms with E-state index in [1.165, 1.54) is 36.8 Å². The number of amides is 1. The Morgan fingerprint density at radius 1 is 0.966 bits per heavy atom. The van der Waals surface area contributed by atoms with Gasteiger partial charge in [0.2, 0.25) is 0 Å². The lowest BCUT2D eigenvalue weighted by atomic mass is 9.81. The van der Waals surface area contributed by atoms with E-state index in [4.69, 9.17) is 4.74 Å². The van der Waals surface area contributed by atoms with Crippen LogP contribution in [-0.2, 0) is 4.79 Å². The highest BCUT2D eigenvalue weighted by Crippen LogP contribution is 2.31. The van der Waals surface area contributed by atoms with Crippen molar-refractivity contribution in [1.29, 1.82) is 0 Å². The van der Waals surface area contributed by atoms with Gasteiger partial charge in [-0.25, -0.2) is 0 Å². The summed E-state index contributed by atoms with van der Waals surface area (Å²) in [5.41, 5.74) is 2.70. The highest BCUT2D eigenvalue weighted by molar-refractivity contribution is 5.77.